The van der Waals surface area contributed by atoms with E-state index in [9.17, 15) is 9.90 Å². The molecule has 0 aliphatic heterocycles. The van der Waals surface area contributed by atoms with Crippen LogP contribution in [0, 0.1) is 12.3 Å². The molecule has 1 fully saturated rings. The Morgan fingerprint density at radius 1 is 1.24 bits per heavy atom. The molecule has 0 saturated heterocycles. The molecule has 1 aliphatic rings. The number of aliphatic hydroxyl groups is 1. The molecule has 0 unspecified atom stereocenters. The highest BCUT2D eigenvalue weighted by atomic mass is 79.9. The van der Waals surface area contributed by atoms with Gasteiger partial charge in [0.15, 0.2) is 5.78 Å². The van der Waals surface area contributed by atoms with Crippen molar-refractivity contribution in [2.75, 3.05) is 0 Å². The highest BCUT2D eigenvalue weighted by Gasteiger charge is 2.34. The van der Waals surface area contributed by atoms with E-state index in [-0.39, 0.29) is 17.0 Å². The van der Waals surface area contributed by atoms with E-state index in [1.165, 1.54) is 6.42 Å². The lowest BCUT2D eigenvalue weighted by Gasteiger charge is -2.34. The van der Waals surface area contributed by atoms with E-state index in [0.29, 0.717) is 5.57 Å². The van der Waals surface area contributed by atoms with E-state index in [1.54, 1.807) is 6.92 Å². The summed E-state index contributed by atoms with van der Waals surface area (Å²) in [7, 11) is 0. The number of aryl methyl sites for hydroxylation is 1. The monoisotopic (exact) mass is 350 g/mol. The fourth-order valence-corrected chi connectivity index (χ4v) is 3.74. The van der Waals surface area contributed by atoms with Crippen molar-refractivity contribution in [1.82, 2.24) is 0 Å². The van der Waals surface area contributed by atoms with Crippen LogP contribution in [0.5, 0.6) is 0 Å². The minimum absolute atomic E-state index is 0.0651. The van der Waals surface area contributed by atoms with Gasteiger partial charge in [-0.05, 0) is 49.9 Å². The minimum Gasteiger partial charge on any atom is -0.511 e. The zero-order chi connectivity index (χ0) is 15.6. The second kappa shape index (κ2) is 6.35. The topological polar surface area (TPSA) is 37.3 Å². The van der Waals surface area contributed by atoms with Crippen molar-refractivity contribution in [2.24, 2.45) is 5.41 Å². The molecule has 21 heavy (non-hydrogen) atoms. The van der Waals surface area contributed by atoms with Crippen molar-refractivity contribution < 1.29 is 9.90 Å². The van der Waals surface area contributed by atoms with E-state index >= 15 is 0 Å². The van der Waals surface area contributed by atoms with Gasteiger partial charge < -0.3 is 5.11 Å². The Hall–Kier alpha value is -1.09. The van der Waals surface area contributed by atoms with Gasteiger partial charge in [0.25, 0.3) is 0 Å². The molecule has 1 saturated carbocycles. The first-order valence-electron chi connectivity index (χ1n) is 7.56. The number of rotatable bonds is 3. The summed E-state index contributed by atoms with van der Waals surface area (Å²) < 4.78 is 0.981. The van der Waals surface area contributed by atoms with Crippen LogP contribution in [0.4, 0.5) is 0 Å². The Bertz CT molecular complexity index is 581. The summed E-state index contributed by atoms with van der Waals surface area (Å²) in [4.78, 5) is 12.2. The van der Waals surface area contributed by atoms with Crippen molar-refractivity contribution >= 4 is 27.3 Å². The molecule has 0 aromatic heterocycles. The maximum atomic E-state index is 12.2. The Kier molecular flexibility index (Phi) is 4.92. The van der Waals surface area contributed by atoms with Gasteiger partial charge in [-0.25, -0.2) is 0 Å². The number of ketones is 1. The van der Waals surface area contributed by atoms with Crippen molar-refractivity contribution in [2.45, 2.75) is 52.9 Å². The predicted octanol–water partition coefficient (Wildman–Crippen LogP) is 5.59. The number of carbonyl (C=O) groups is 1. The van der Waals surface area contributed by atoms with Crippen LogP contribution in [-0.4, -0.2) is 10.9 Å². The standard InChI is InChI=1S/C18H23BrO2/c1-12-11-14(19)7-8-15(12)16(13(2)20)17(21)18(3)9-5-4-6-10-18/h7-8,11,21H,4-6,9-10H2,1-3H3/b17-16-. The highest BCUT2D eigenvalue weighted by Crippen LogP contribution is 2.44. The minimum atomic E-state index is -0.265. The van der Waals surface area contributed by atoms with E-state index in [4.69, 9.17) is 0 Å². The fourth-order valence-electron chi connectivity index (χ4n) is 3.26. The number of allylic oxidation sites excluding steroid dienone is 2. The van der Waals surface area contributed by atoms with Crippen LogP contribution in [0.3, 0.4) is 0 Å². The Morgan fingerprint density at radius 2 is 1.86 bits per heavy atom. The molecule has 0 bridgehead atoms. The van der Waals surface area contributed by atoms with E-state index < -0.39 is 0 Å². The van der Waals surface area contributed by atoms with Gasteiger partial charge in [0.1, 0.15) is 5.76 Å². The average molecular weight is 351 g/mol. The van der Waals surface area contributed by atoms with Gasteiger partial charge in [0, 0.05) is 9.89 Å². The molecule has 0 amide bonds. The summed E-state index contributed by atoms with van der Waals surface area (Å²) in [6, 6.07) is 5.81. The lowest BCUT2D eigenvalue weighted by atomic mass is 9.72. The summed E-state index contributed by atoms with van der Waals surface area (Å²) in [5, 5.41) is 10.9. The molecule has 0 heterocycles. The lowest BCUT2D eigenvalue weighted by molar-refractivity contribution is -0.112. The molecule has 0 atom stereocenters. The van der Waals surface area contributed by atoms with Crippen LogP contribution >= 0.6 is 15.9 Å². The molecule has 1 aliphatic carbocycles. The zero-order valence-corrected chi connectivity index (χ0v) is 14.6. The molecule has 3 heteroatoms. The fraction of sp³-hybridized carbons (Fsp3) is 0.500. The van der Waals surface area contributed by atoms with Gasteiger partial charge in [-0.3, -0.25) is 4.79 Å². The van der Waals surface area contributed by atoms with E-state index in [0.717, 1.165) is 41.3 Å². The Balaban J connectivity index is 2.56. The number of halogens is 1. The Labute approximate surface area is 135 Å². The molecule has 1 aromatic rings. The molecule has 2 nitrogen and oxygen atoms in total. The molecule has 0 spiro atoms. The van der Waals surface area contributed by atoms with Crippen molar-refractivity contribution in [3.63, 3.8) is 0 Å². The Morgan fingerprint density at radius 3 is 2.38 bits per heavy atom. The summed E-state index contributed by atoms with van der Waals surface area (Å²) in [5.74, 6) is 0.213. The van der Waals surface area contributed by atoms with E-state index in [1.807, 2.05) is 25.1 Å². The molecular weight excluding hydrogens is 328 g/mol. The van der Waals surface area contributed by atoms with Crippen LogP contribution in [0.2, 0.25) is 0 Å². The third-order valence-electron chi connectivity index (χ3n) is 4.58. The summed E-state index contributed by atoms with van der Waals surface area (Å²) >= 11 is 3.44. The number of Topliss-reactive ketones (excluding diaryl/α,β-unsaturated/α-hetero) is 1. The number of aliphatic hydroxyl groups excluding tert-OH is 1. The highest BCUT2D eigenvalue weighted by molar-refractivity contribution is 9.10. The molecule has 0 radical (unpaired) electrons. The van der Waals surface area contributed by atoms with Gasteiger partial charge in [-0.2, -0.15) is 0 Å². The van der Waals surface area contributed by atoms with Crippen LogP contribution in [0.15, 0.2) is 28.4 Å². The third-order valence-corrected chi connectivity index (χ3v) is 5.07. The van der Waals surface area contributed by atoms with Gasteiger partial charge in [0.05, 0.1) is 5.57 Å². The quantitative estimate of drug-likeness (QED) is 0.570. The van der Waals surface area contributed by atoms with Gasteiger partial charge in [-0.1, -0.05) is 48.2 Å². The number of hydrogen-bond donors (Lipinski definition) is 1. The smallest absolute Gasteiger partial charge is 0.163 e. The molecular formula is C18H23BrO2. The van der Waals surface area contributed by atoms with Gasteiger partial charge in [0.2, 0.25) is 0 Å². The molecule has 114 valence electrons. The summed E-state index contributed by atoms with van der Waals surface area (Å²) in [5.41, 5.74) is 2.07. The van der Waals surface area contributed by atoms with Crippen LogP contribution in [0.1, 0.15) is 57.1 Å². The molecule has 1 aromatic carbocycles. The normalized spacial score (nSPS) is 19.0. The largest absolute Gasteiger partial charge is 0.511 e. The predicted molar refractivity (Wildman–Crippen MR) is 90.3 cm³/mol. The summed E-state index contributed by atoms with van der Waals surface area (Å²) in [6.07, 6.45) is 5.35. The SMILES string of the molecule is CC(=O)/C(=C(/O)C1(C)CCCCC1)c1ccc(Br)cc1C. The summed E-state index contributed by atoms with van der Waals surface area (Å²) in [6.45, 7) is 5.59. The van der Waals surface area contributed by atoms with E-state index in [2.05, 4.69) is 22.9 Å². The van der Waals surface area contributed by atoms with Crippen molar-refractivity contribution in [3.05, 3.63) is 39.6 Å². The van der Waals surface area contributed by atoms with Gasteiger partial charge >= 0.3 is 0 Å². The number of hydrogen-bond acceptors (Lipinski definition) is 2. The van der Waals surface area contributed by atoms with Crippen LogP contribution < -0.4 is 0 Å². The van der Waals surface area contributed by atoms with Crippen LogP contribution in [-0.2, 0) is 4.79 Å². The maximum Gasteiger partial charge on any atom is 0.163 e. The van der Waals surface area contributed by atoms with Crippen molar-refractivity contribution in [1.29, 1.82) is 0 Å². The lowest BCUT2D eigenvalue weighted by Crippen LogP contribution is -2.25. The average Bonchev–Trinajstić information content (AvgIpc) is 2.42. The molecule has 2 rings (SSSR count). The van der Waals surface area contributed by atoms with Crippen molar-refractivity contribution in [3.8, 4) is 0 Å². The van der Waals surface area contributed by atoms with Crippen LogP contribution in [0.25, 0.3) is 5.57 Å². The second-order valence-corrected chi connectivity index (χ2v) is 7.28. The first-order valence-corrected chi connectivity index (χ1v) is 8.35. The third kappa shape index (κ3) is 3.39. The van der Waals surface area contributed by atoms with Gasteiger partial charge in [-0.15, -0.1) is 0 Å². The number of benzene rings is 1. The second-order valence-electron chi connectivity index (χ2n) is 6.36. The first-order chi connectivity index (χ1) is 9.85. The first kappa shape index (κ1) is 16.3. The number of carbonyl (C=O) groups excluding carboxylic acids is 1. The zero-order valence-electron chi connectivity index (χ0n) is 13.0. The maximum absolute atomic E-state index is 12.2. The molecule has 1 N–H and O–H groups in total.